The fourth-order valence-electron chi connectivity index (χ4n) is 1.63. The fraction of sp³-hybridized carbons (Fsp3) is 0.500. The normalized spacial score (nSPS) is 11.3. The van der Waals surface area contributed by atoms with E-state index in [0.717, 1.165) is 6.42 Å². The topological polar surface area (TPSA) is 84.5 Å². The van der Waals surface area contributed by atoms with Gasteiger partial charge in [0.15, 0.2) is 0 Å². The molecule has 1 aromatic carbocycles. The van der Waals surface area contributed by atoms with Crippen LogP contribution in [0.5, 0.6) is 0 Å². The molecule has 0 radical (unpaired) electrons. The average Bonchev–Trinajstić information content (AvgIpc) is 2.42. The van der Waals surface area contributed by atoms with E-state index in [4.69, 9.17) is 4.74 Å². The number of anilines is 1. The summed E-state index contributed by atoms with van der Waals surface area (Å²) in [4.78, 5) is 11.1. The number of ether oxygens (including phenoxy) is 1. The van der Waals surface area contributed by atoms with Crippen molar-refractivity contribution in [2.45, 2.75) is 31.6 Å². The van der Waals surface area contributed by atoms with Crippen LogP contribution in [0.3, 0.4) is 0 Å². The second kappa shape index (κ2) is 8.76. The van der Waals surface area contributed by atoms with E-state index in [1.807, 2.05) is 6.92 Å². The van der Waals surface area contributed by atoms with Crippen LogP contribution in [0.2, 0.25) is 0 Å². The number of hydrogen-bond donors (Lipinski definition) is 2. The van der Waals surface area contributed by atoms with Crippen molar-refractivity contribution in [3.05, 3.63) is 24.3 Å². The number of carbonyl (C=O) groups excluding carboxylic acids is 1. The second-order valence-corrected chi connectivity index (χ2v) is 6.34. The highest BCUT2D eigenvalue weighted by Crippen LogP contribution is 2.13. The molecule has 21 heavy (non-hydrogen) atoms. The number of benzene rings is 1. The Morgan fingerprint density at radius 3 is 2.43 bits per heavy atom. The molecule has 0 fully saturated rings. The van der Waals surface area contributed by atoms with Gasteiger partial charge in [-0.1, -0.05) is 6.92 Å². The lowest BCUT2D eigenvalue weighted by atomic mass is 10.3. The van der Waals surface area contributed by atoms with Gasteiger partial charge in [-0.3, -0.25) is 4.79 Å². The molecule has 0 unspecified atom stereocenters. The van der Waals surface area contributed by atoms with Gasteiger partial charge in [0.2, 0.25) is 15.9 Å². The largest absolute Gasteiger partial charge is 0.381 e. The molecule has 0 atom stereocenters. The van der Waals surface area contributed by atoms with E-state index in [1.165, 1.54) is 19.1 Å². The Morgan fingerprint density at radius 1 is 1.19 bits per heavy atom. The molecule has 0 aliphatic rings. The maximum atomic E-state index is 12.0. The standard InChI is InChI=1S/C14H22N2O4S/c1-3-10-20-11-4-9-15-21(18,19)14-7-5-13(6-8-14)16-12(2)17/h5-8,15H,3-4,9-11H2,1-2H3,(H,16,17). The van der Waals surface area contributed by atoms with E-state index in [9.17, 15) is 13.2 Å². The minimum atomic E-state index is -3.52. The van der Waals surface area contributed by atoms with Gasteiger partial charge >= 0.3 is 0 Å². The number of nitrogens with one attached hydrogen (secondary N) is 2. The summed E-state index contributed by atoms with van der Waals surface area (Å²) in [7, 11) is -3.52. The molecule has 6 nitrogen and oxygen atoms in total. The quantitative estimate of drug-likeness (QED) is 0.680. The molecule has 1 aromatic rings. The first-order valence-corrected chi connectivity index (χ1v) is 8.39. The third-order valence-electron chi connectivity index (χ3n) is 2.59. The summed E-state index contributed by atoms with van der Waals surface area (Å²) in [6, 6.07) is 6.03. The Morgan fingerprint density at radius 2 is 1.86 bits per heavy atom. The molecule has 0 spiro atoms. The number of sulfonamides is 1. The molecule has 0 heterocycles. The van der Waals surface area contributed by atoms with Crippen molar-refractivity contribution in [3.8, 4) is 0 Å². The molecule has 0 aromatic heterocycles. The van der Waals surface area contributed by atoms with Crippen LogP contribution in [0.25, 0.3) is 0 Å². The Bertz CT molecular complexity index is 541. The van der Waals surface area contributed by atoms with Crippen molar-refractivity contribution in [1.29, 1.82) is 0 Å². The number of carbonyl (C=O) groups is 1. The number of hydrogen-bond acceptors (Lipinski definition) is 4. The van der Waals surface area contributed by atoms with Crippen molar-refractivity contribution >= 4 is 21.6 Å². The molecule has 0 saturated heterocycles. The van der Waals surface area contributed by atoms with Gasteiger partial charge in [0.25, 0.3) is 0 Å². The molecule has 0 aliphatic heterocycles. The summed E-state index contributed by atoms with van der Waals surface area (Å²) in [6.07, 6.45) is 1.58. The Balaban J connectivity index is 2.48. The first-order valence-electron chi connectivity index (χ1n) is 6.91. The maximum absolute atomic E-state index is 12.0. The van der Waals surface area contributed by atoms with Gasteiger partial charge in [0.1, 0.15) is 0 Å². The minimum Gasteiger partial charge on any atom is -0.381 e. The highest BCUT2D eigenvalue weighted by Gasteiger charge is 2.12. The molecule has 118 valence electrons. The van der Waals surface area contributed by atoms with Crippen molar-refractivity contribution in [3.63, 3.8) is 0 Å². The SMILES string of the molecule is CCCOCCCNS(=O)(=O)c1ccc(NC(C)=O)cc1. The predicted molar refractivity (Wildman–Crippen MR) is 81.7 cm³/mol. The van der Waals surface area contributed by atoms with Gasteiger partial charge < -0.3 is 10.1 Å². The Hall–Kier alpha value is -1.44. The first-order chi connectivity index (χ1) is 9.95. The van der Waals surface area contributed by atoms with Crippen LogP contribution in [0.15, 0.2) is 29.2 Å². The van der Waals surface area contributed by atoms with Crippen molar-refractivity contribution < 1.29 is 17.9 Å². The molecule has 2 N–H and O–H groups in total. The first kappa shape index (κ1) is 17.6. The molecular weight excluding hydrogens is 292 g/mol. The van der Waals surface area contributed by atoms with Crippen LogP contribution in [0.1, 0.15) is 26.7 Å². The van der Waals surface area contributed by atoms with E-state index < -0.39 is 10.0 Å². The third kappa shape index (κ3) is 6.70. The zero-order valence-electron chi connectivity index (χ0n) is 12.4. The molecule has 0 bridgehead atoms. The van der Waals surface area contributed by atoms with E-state index in [1.54, 1.807) is 12.1 Å². The lowest BCUT2D eigenvalue weighted by Crippen LogP contribution is -2.25. The van der Waals surface area contributed by atoms with Crippen LogP contribution < -0.4 is 10.0 Å². The van der Waals surface area contributed by atoms with Gasteiger partial charge in [-0.2, -0.15) is 0 Å². The molecule has 1 amide bonds. The highest BCUT2D eigenvalue weighted by molar-refractivity contribution is 7.89. The lowest BCUT2D eigenvalue weighted by Gasteiger charge is -2.08. The van der Waals surface area contributed by atoms with Crippen molar-refractivity contribution in [2.24, 2.45) is 0 Å². The second-order valence-electron chi connectivity index (χ2n) is 4.57. The molecule has 7 heteroatoms. The summed E-state index contributed by atoms with van der Waals surface area (Å²) >= 11 is 0. The van der Waals surface area contributed by atoms with Gasteiger partial charge in [0, 0.05) is 32.4 Å². The van der Waals surface area contributed by atoms with Crippen LogP contribution >= 0.6 is 0 Å². The average molecular weight is 314 g/mol. The molecule has 0 saturated carbocycles. The molecule has 0 aliphatic carbocycles. The van der Waals surface area contributed by atoms with E-state index in [2.05, 4.69) is 10.0 Å². The molecule has 1 rings (SSSR count). The van der Waals surface area contributed by atoms with Crippen LogP contribution in [-0.2, 0) is 19.6 Å². The van der Waals surface area contributed by atoms with Gasteiger partial charge in [-0.15, -0.1) is 0 Å². The predicted octanol–water partition coefficient (Wildman–Crippen LogP) is 1.74. The van der Waals surface area contributed by atoms with Crippen molar-refractivity contribution in [2.75, 3.05) is 25.1 Å². The van der Waals surface area contributed by atoms with Gasteiger partial charge in [-0.25, -0.2) is 13.1 Å². The zero-order valence-corrected chi connectivity index (χ0v) is 13.2. The lowest BCUT2D eigenvalue weighted by molar-refractivity contribution is -0.114. The zero-order chi connectivity index (χ0) is 15.7. The fourth-order valence-corrected chi connectivity index (χ4v) is 2.71. The Kier molecular flexibility index (Phi) is 7.35. The highest BCUT2D eigenvalue weighted by atomic mass is 32.2. The van der Waals surface area contributed by atoms with Crippen LogP contribution in [0, 0.1) is 0 Å². The van der Waals surface area contributed by atoms with Gasteiger partial charge in [-0.05, 0) is 37.1 Å². The van der Waals surface area contributed by atoms with Crippen molar-refractivity contribution in [1.82, 2.24) is 4.72 Å². The van der Waals surface area contributed by atoms with Gasteiger partial charge in [0.05, 0.1) is 4.90 Å². The Labute approximate surface area is 125 Å². The summed E-state index contributed by atoms with van der Waals surface area (Å²) in [6.45, 7) is 4.98. The van der Waals surface area contributed by atoms with Crippen LogP contribution in [-0.4, -0.2) is 34.1 Å². The number of rotatable bonds is 9. The smallest absolute Gasteiger partial charge is 0.240 e. The monoisotopic (exact) mass is 314 g/mol. The van der Waals surface area contributed by atoms with E-state index in [-0.39, 0.29) is 10.8 Å². The summed E-state index contributed by atoms with van der Waals surface area (Å²) in [5.74, 6) is -0.198. The summed E-state index contributed by atoms with van der Waals surface area (Å²) in [5, 5.41) is 2.58. The van der Waals surface area contributed by atoms with E-state index in [0.29, 0.717) is 31.9 Å². The molecular formula is C14H22N2O4S. The van der Waals surface area contributed by atoms with E-state index >= 15 is 0 Å². The summed E-state index contributed by atoms with van der Waals surface area (Å²) in [5.41, 5.74) is 0.564. The minimum absolute atomic E-state index is 0.172. The van der Waals surface area contributed by atoms with Crippen LogP contribution in [0.4, 0.5) is 5.69 Å². The summed E-state index contributed by atoms with van der Waals surface area (Å²) < 4.78 is 31.8. The maximum Gasteiger partial charge on any atom is 0.240 e. The number of amides is 1. The third-order valence-corrected chi connectivity index (χ3v) is 4.07.